The second kappa shape index (κ2) is 18.9. The van der Waals surface area contributed by atoms with Gasteiger partial charge in [0, 0.05) is 67.3 Å². The van der Waals surface area contributed by atoms with E-state index in [2.05, 4.69) is 311 Å². The molecule has 2 aliphatic carbocycles. The second-order valence-electron chi connectivity index (χ2n) is 17.6. The Morgan fingerprint density at radius 1 is 0.257 bits per heavy atom. The maximum Gasteiger partial charge on any atom is 0.0630 e. The summed E-state index contributed by atoms with van der Waals surface area (Å²) in [6, 6.07) is 91.5. The highest BCUT2D eigenvalue weighted by molar-refractivity contribution is 6.11. The molecule has 0 bridgehead atoms. The predicted octanol–water partition coefficient (Wildman–Crippen LogP) is 17.8. The normalized spacial score (nSPS) is 14.9. The van der Waals surface area contributed by atoms with Crippen LogP contribution in [0.5, 0.6) is 0 Å². The van der Waals surface area contributed by atoms with Crippen LogP contribution in [0.2, 0.25) is 0 Å². The maximum absolute atomic E-state index is 2.54. The van der Waals surface area contributed by atoms with E-state index in [1.807, 2.05) is 0 Å². The molecule has 0 N–H and O–H groups in total. The van der Waals surface area contributed by atoms with E-state index in [1.165, 1.54) is 5.57 Å². The van der Waals surface area contributed by atoms with E-state index in [0.717, 1.165) is 84.1 Å². The first-order valence-corrected chi connectivity index (χ1v) is 24.1. The van der Waals surface area contributed by atoms with Gasteiger partial charge in [-0.05, 0) is 109 Å². The van der Waals surface area contributed by atoms with Crippen molar-refractivity contribution in [2.75, 3.05) is 19.6 Å². The van der Waals surface area contributed by atoms with Crippen LogP contribution in [0, 0.1) is 5.92 Å². The highest BCUT2D eigenvalue weighted by atomic mass is 15.2. The number of nitrogens with zero attached hydrogens (tertiary/aromatic N) is 4. The molecule has 10 aromatic carbocycles. The molecule has 2 unspecified atom stereocenters. The highest BCUT2D eigenvalue weighted by Crippen LogP contribution is 2.50. The maximum atomic E-state index is 2.54. The Morgan fingerprint density at radius 2 is 0.571 bits per heavy atom. The Morgan fingerprint density at radius 3 is 0.929 bits per heavy atom. The van der Waals surface area contributed by atoms with Gasteiger partial charge in [-0.25, -0.2) is 0 Å². The van der Waals surface area contributed by atoms with Crippen molar-refractivity contribution in [1.82, 2.24) is 0 Å². The van der Waals surface area contributed by atoms with Crippen LogP contribution < -0.4 is 19.6 Å². The number of rotatable bonds is 12. The van der Waals surface area contributed by atoms with Gasteiger partial charge in [0.05, 0.1) is 28.8 Å². The van der Waals surface area contributed by atoms with E-state index in [-0.39, 0.29) is 12.0 Å². The van der Waals surface area contributed by atoms with E-state index in [9.17, 15) is 0 Å². The third-order valence-electron chi connectivity index (χ3n) is 13.6. The molecule has 0 amide bonds. The summed E-state index contributed by atoms with van der Waals surface area (Å²) in [7, 11) is 0. The minimum absolute atomic E-state index is 0.000413. The quantitative estimate of drug-likeness (QED) is 0.121. The van der Waals surface area contributed by atoms with Gasteiger partial charge in [0.25, 0.3) is 0 Å². The Hall–Kier alpha value is -9.12. The SMILES string of the molecule is C1=CC2=C(N(c3ccc(N(c4ccccc4)c4ccccc4)c4ccccc34)c3ccc(N(c4ccccc4)c4ccccc4)c4ccccc34)C=CC(N(c3ccccc3)c3ccccc3)C2C=C1. The molecule has 10 aromatic rings. The van der Waals surface area contributed by atoms with Crippen molar-refractivity contribution >= 4 is 78.4 Å². The number of allylic oxidation sites excluding steroid dienone is 4. The molecule has 0 spiro atoms. The molecule has 4 heteroatoms. The molecule has 0 fully saturated rings. The number of benzene rings is 10. The first-order chi connectivity index (χ1) is 34.8. The summed E-state index contributed by atoms with van der Waals surface area (Å²) in [4.78, 5) is 9.78. The topological polar surface area (TPSA) is 13.0 Å². The van der Waals surface area contributed by atoms with E-state index >= 15 is 0 Å². The molecular formula is C66H50N4. The average Bonchev–Trinajstić information content (AvgIpc) is 3.44. The van der Waals surface area contributed by atoms with Crippen LogP contribution >= 0.6 is 0 Å². The number of anilines is 10. The van der Waals surface area contributed by atoms with Crippen LogP contribution in [0.25, 0.3) is 21.5 Å². The number of hydrogen-bond acceptors (Lipinski definition) is 4. The Kier molecular flexibility index (Phi) is 11.4. The number of para-hydroxylation sites is 6. The van der Waals surface area contributed by atoms with Crippen LogP contribution in [-0.4, -0.2) is 6.04 Å². The molecule has 2 atom stereocenters. The van der Waals surface area contributed by atoms with E-state index in [0.29, 0.717) is 0 Å². The van der Waals surface area contributed by atoms with Gasteiger partial charge in [-0.3, -0.25) is 0 Å². The van der Waals surface area contributed by atoms with Gasteiger partial charge in [-0.2, -0.15) is 0 Å². The summed E-state index contributed by atoms with van der Waals surface area (Å²) in [6.45, 7) is 0. The summed E-state index contributed by atoms with van der Waals surface area (Å²) in [5, 5.41) is 4.59. The van der Waals surface area contributed by atoms with E-state index < -0.39 is 0 Å². The zero-order valence-corrected chi connectivity index (χ0v) is 38.7. The van der Waals surface area contributed by atoms with E-state index in [4.69, 9.17) is 0 Å². The molecule has 2 aliphatic rings. The molecule has 0 heterocycles. The summed E-state index contributed by atoms with van der Waals surface area (Å²) >= 11 is 0. The van der Waals surface area contributed by atoms with Crippen molar-refractivity contribution in [3.63, 3.8) is 0 Å². The fourth-order valence-corrected chi connectivity index (χ4v) is 10.5. The fourth-order valence-electron chi connectivity index (χ4n) is 10.5. The third kappa shape index (κ3) is 7.81. The van der Waals surface area contributed by atoms with Gasteiger partial charge in [0.15, 0.2) is 0 Å². The predicted molar refractivity (Wildman–Crippen MR) is 296 cm³/mol. The van der Waals surface area contributed by atoms with Gasteiger partial charge in [-0.15, -0.1) is 0 Å². The third-order valence-corrected chi connectivity index (χ3v) is 13.6. The zero-order chi connectivity index (χ0) is 46.6. The molecule has 4 nitrogen and oxygen atoms in total. The molecule has 0 saturated heterocycles. The molecule has 0 aliphatic heterocycles. The lowest BCUT2D eigenvalue weighted by Gasteiger charge is -2.42. The number of hydrogen-bond donors (Lipinski definition) is 0. The monoisotopic (exact) mass is 898 g/mol. The van der Waals surface area contributed by atoms with E-state index in [1.54, 1.807) is 0 Å². The van der Waals surface area contributed by atoms with Crippen LogP contribution in [0.3, 0.4) is 0 Å². The second-order valence-corrected chi connectivity index (χ2v) is 17.6. The van der Waals surface area contributed by atoms with Crippen molar-refractivity contribution in [2.24, 2.45) is 5.92 Å². The fraction of sp³-hybridized carbons (Fsp3) is 0.0303. The largest absolute Gasteiger partial charge is 0.334 e. The summed E-state index contributed by atoms with van der Waals surface area (Å²) < 4.78 is 0. The summed E-state index contributed by atoms with van der Waals surface area (Å²) in [5.74, 6) is 0.0299. The van der Waals surface area contributed by atoms with Gasteiger partial charge < -0.3 is 19.6 Å². The zero-order valence-electron chi connectivity index (χ0n) is 38.7. The van der Waals surface area contributed by atoms with Crippen molar-refractivity contribution < 1.29 is 0 Å². The number of fused-ring (bicyclic) bond motifs is 3. The van der Waals surface area contributed by atoms with Crippen LogP contribution in [0.4, 0.5) is 56.9 Å². The lowest BCUT2D eigenvalue weighted by molar-refractivity contribution is 0.632. The van der Waals surface area contributed by atoms with Gasteiger partial charge in [0.1, 0.15) is 0 Å². The lowest BCUT2D eigenvalue weighted by atomic mass is 9.81. The Balaban J connectivity index is 1.10. The molecule has 0 radical (unpaired) electrons. The Bertz CT molecular complexity index is 3270. The molecule has 0 saturated carbocycles. The van der Waals surface area contributed by atoms with Crippen molar-refractivity contribution in [3.05, 3.63) is 303 Å². The highest BCUT2D eigenvalue weighted by Gasteiger charge is 2.35. The summed E-state index contributed by atoms with van der Waals surface area (Å²) in [5.41, 5.74) is 13.5. The van der Waals surface area contributed by atoms with Gasteiger partial charge in [-0.1, -0.05) is 188 Å². The molecule has 334 valence electrons. The van der Waals surface area contributed by atoms with Crippen molar-refractivity contribution in [3.8, 4) is 0 Å². The minimum atomic E-state index is 0.000413. The smallest absolute Gasteiger partial charge is 0.0630 e. The van der Waals surface area contributed by atoms with Gasteiger partial charge >= 0.3 is 0 Å². The minimum Gasteiger partial charge on any atom is -0.334 e. The standard InChI is InChI=1S/C66H50N4/c1-7-25-49(26-8-1)67(50-27-9-2-10-28-50)61-43-46-64(58-40-22-19-37-55(58)61)70(65-47-44-62(56-38-20-23-41-59(56)65)68(51-29-11-3-12-30-51)52-31-13-4-14-32-52)66-48-45-63(57-39-21-24-42-60(57)66)69(53-33-15-5-16-34-53)54-35-17-6-18-36-54/h1-48,55,61H. The lowest BCUT2D eigenvalue weighted by Crippen LogP contribution is -2.39. The van der Waals surface area contributed by atoms with Crippen LogP contribution in [0.1, 0.15) is 0 Å². The van der Waals surface area contributed by atoms with Crippen LogP contribution in [0.15, 0.2) is 303 Å². The van der Waals surface area contributed by atoms with Gasteiger partial charge in [0.2, 0.25) is 0 Å². The van der Waals surface area contributed by atoms with Crippen molar-refractivity contribution in [2.45, 2.75) is 6.04 Å². The molecular weight excluding hydrogens is 849 g/mol. The first kappa shape index (κ1) is 42.2. The first-order valence-electron chi connectivity index (χ1n) is 24.1. The molecule has 12 rings (SSSR count). The van der Waals surface area contributed by atoms with Crippen molar-refractivity contribution in [1.29, 1.82) is 0 Å². The Labute approximate surface area is 410 Å². The average molecular weight is 899 g/mol. The van der Waals surface area contributed by atoms with Crippen LogP contribution in [-0.2, 0) is 0 Å². The summed E-state index contributed by atoms with van der Waals surface area (Å²) in [6.07, 6.45) is 13.9. The molecule has 70 heavy (non-hydrogen) atoms. The molecule has 0 aromatic heterocycles.